The molecule has 44 heavy (non-hydrogen) atoms. The molecule has 8 heteroatoms. The van der Waals surface area contributed by atoms with Gasteiger partial charge in [0.25, 0.3) is 0 Å². The summed E-state index contributed by atoms with van der Waals surface area (Å²) >= 11 is 0. The van der Waals surface area contributed by atoms with Gasteiger partial charge in [0.15, 0.2) is 5.78 Å². The maximum Gasteiger partial charge on any atom is 0.411 e. The molecule has 2 heterocycles. The summed E-state index contributed by atoms with van der Waals surface area (Å²) in [5.74, 6) is -0.130. The summed E-state index contributed by atoms with van der Waals surface area (Å²) in [6.07, 6.45) is -2.44. The third-order valence-corrected chi connectivity index (χ3v) is 7.91. The Kier molecular flexibility index (Phi) is 10.5. The van der Waals surface area contributed by atoms with Gasteiger partial charge >= 0.3 is 6.09 Å². The van der Waals surface area contributed by atoms with E-state index in [9.17, 15) is 9.59 Å². The average molecular weight is 602 g/mol. The van der Waals surface area contributed by atoms with Crippen molar-refractivity contribution in [1.29, 1.82) is 0 Å². The van der Waals surface area contributed by atoms with Crippen molar-refractivity contribution in [2.45, 2.75) is 96.0 Å². The quantitative estimate of drug-likeness (QED) is 0.262. The third kappa shape index (κ3) is 8.12. The van der Waals surface area contributed by atoms with Gasteiger partial charge in [0.05, 0.1) is 44.6 Å². The lowest BCUT2D eigenvalue weighted by Gasteiger charge is -2.46. The summed E-state index contributed by atoms with van der Waals surface area (Å²) in [5.41, 5.74) is 2.29. The van der Waals surface area contributed by atoms with Crippen molar-refractivity contribution in [2.75, 3.05) is 6.61 Å². The predicted molar refractivity (Wildman–Crippen MR) is 166 cm³/mol. The fourth-order valence-electron chi connectivity index (χ4n) is 5.93. The van der Waals surface area contributed by atoms with Gasteiger partial charge in [0.1, 0.15) is 23.9 Å². The molecule has 0 spiro atoms. The van der Waals surface area contributed by atoms with Gasteiger partial charge in [0.2, 0.25) is 0 Å². The Bertz CT molecular complexity index is 1350. The highest BCUT2D eigenvalue weighted by Gasteiger charge is 2.58. The number of nitrogens with zero attached hydrogens (tertiary/aromatic N) is 1. The first-order valence-electron chi connectivity index (χ1n) is 15.3. The van der Waals surface area contributed by atoms with E-state index in [1.807, 2.05) is 112 Å². The molecule has 5 rings (SSSR count). The van der Waals surface area contributed by atoms with Crippen molar-refractivity contribution in [1.82, 2.24) is 4.90 Å². The van der Waals surface area contributed by atoms with Crippen LogP contribution in [0, 0.1) is 0 Å². The molecule has 8 nitrogen and oxygen atoms in total. The molecule has 2 aliphatic heterocycles. The van der Waals surface area contributed by atoms with Crippen LogP contribution in [-0.2, 0) is 48.3 Å². The van der Waals surface area contributed by atoms with Gasteiger partial charge in [-0.1, -0.05) is 91.0 Å². The Morgan fingerprint density at radius 3 is 1.77 bits per heavy atom. The van der Waals surface area contributed by atoms with Crippen LogP contribution in [0.2, 0.25) is 0 Å². The second kappa shape index (κ2) is 14.5. The van der Waals surface area contributed by atoms with E-state index in [-0.39, 0.29) is 12.4 Å². The SMILES string of the molecule is CC(=O)[C@@H]1C[C@H]2OC(COCc3ccccc3)[C@@H](OCc3ccccc3)[C@@H](OCc3ccccc3)C2N1C(=O)OC(C)(C)C. The molecule has 0 aliphatic carbocycles. The van der Waals surface area contributed by atoms with E-state index >= 15 is 0 Å². The summed E-state index contributed by atoms with van der Waals surface area (Å²) in [4.78, 5) is 28.2. The maximum atomic E-state index is 13.7. The van der Waals surface area contributed by atoms with E-state index in [2.05, 4.69) is 0 Å². The standard InChI is InChI=1S/C36H43NO7/c1-25(38)29-20-30-32(37(29)35(39)44-36(2,3)4)34(42-23-28-18-12-7-13-19-28)33(41-22-27-16-10-6-11-17-27)31(43-30)24-40-21-26-14-8-5-9-15-26/h5-19,29-34H,20-24H2,1-4H3/t29-,30+,31?,32?,33+,34-/m0/s1. The van der Waals surface area contributed by atoms with Crippen LogP contribution in [0.5, 0.6) is 0 Å². The van der Waals surface area contributed by atoms with Crippen LogP contribution in [0.4, 0.5) is 4.79 Å². The Morgan fingerprint density at radius 1 is 0.773 bits per heavy atom. The van der Waals surface area contributed by atoms with Crippen molar-refractivity contribution in [2.24, 2.45) is 0 Å². The average Bonchev–Trinajstić information content (AvgIpc) is 3.40. The van der Waals surface area contributed by atoms with Gasteiger partial charge in [-0.25, -0.2) is 4.79 Å². The minimum absolute atomic E-state index is 0.130. The lowest BCUT2D eigenvalue weighted by Crippen LogP contribution is -2.64. The summed E-state index contributed by atoms with van der Waals surface area (Å²) in [6.45, 7) is 8.22. The van der Waals surface area contributed by atoms with E-state index in [0.29, 0.717) is 26.2 Å². The van der Waals surface area contributed by atoms with Gasteiger partial charge in [-0.2, -0.15) is 0 Å². The van der Waals surface area contributed by atoms with Crippen LogP contribution < -0.4 is 0 Å². The van der Waals surface area contributed by atoms with E-state index in [1.165, 1.54) is 11.8 Å². The number of likely N-dealkylation sites (tertiary alicyclic amines) is 1. The molecule has 0 aromatic heterocycles. The minimum atomic E-state index is -0.747. The van der Waals surface area contributed by atoms with Crippen molar-refractivity contribution in [3.8, 4) is 0 Å². The second-order valence-corrected chi connectivity index (χ2v) is 12.5. The first-order chi connectivity index (χ1) is 21.2. The first-order valence-corrected chi connectivity index (χ1v) is 15.3. The first kappa shape index (κ1) is 31.9. The summed E-state index contributed by atoms with van der Waals surface area (Å²) in [6, 6.07) is 28.4. The Hall–Kier alpha value is -3.56. The van der Waals surface area contributed by atoms with Crippen LogP contribution in [0.3, 0.4) is 0 Å². The van der Waals surface area contributed by atoms with Gasteiger partial charge < -0.3 is 23.7 Å². The topological polar surface area (TPSA) is 83.5 Å². The number of carbonyl (C=O) groups is 2. The highest BCUT2D eigenvalue weighted by atomic mass is 16.6. The molecular formula is C36H43NO7. The summed E-state index contributed by atoms with van der Waals surface area (Å²) in [5, 5.41) is 0. The number of benzene rings is 3. The third-order valence-electron chi connectivity index (χ3n) is 7.91. The number of rotatable bonds is 11. The molecule has 0 N–H and O–H groups in total. The lowest BCUT2D eigenvalue weighted by molar-refractivity contribution is -0.234. The number of hydrogen-bond acceptors (Lipinski definition) is 7. The van der Waals surface area contributed by atoms with E-state index < -0.39 is 48.2 Å². The molecule has 2 fully saturated rings. The zero-order chi connectivity index (χ0) is 31.1. The summed E-state index contributed by atoms with van der Waals surface area (Å²) < 4.78 is 32.0. The van der Waals surface area contributed by atoms with E-state index in [1.54, 1.807) is 0 Å². The monoisotopic (exact) mass is 601 g/mol. The van der Waals surface area contributed by atoms with Gasteiger partial charge in [0, 0.05) is 6.42 Å². The lowest BCUT2D eigenvalue weighted by atomic mass is 9.92. The van der Waals surface area contributed by atoms with Crippen LogP contribution in [-0.4, -0.2) is 65.5 Å². The maximum absolute atomic E-state index is 13.7. The van der Waals surface area contributed by atoms with Crippen molar-refractivity contribution in [3.63, 3.8) is 0 Å². The van der Waals surface area contributed by atoms with E-state index in [0.717, 1.165) is 16.7 Å². The molecule has 3 aromatic rings. The molecule has 234 valence electrons. The van der Waals surface area contributed by atoms with Crippen LogP contribution >= 0.6 is 0 Å². The van der Waals surface area contributed by atoms with Crippen LogP contribution in [0.15, 0.2) is 91.0 Å². The number of fused-ring (bicyclic) bond motifs is 1. The van der Waals surface area contributed by atoms with Gasteiger partial charge in [-0.3, -0.25) is 9.69 Å². The van der Waals surface area contributed by atoms with Crippen molar-refractivity contribution in [3.05, 3.63) is 108 Å². The smallest absolute Gasteiger partial charge is 0.411 e. The normalized spacial score (nSPS) is 25.0. The molecule has 0 saturated carbocycles. The van der Waals surface area contributed by atoms with Gasteiger partial charge in [-0.15, -0.1) is 0 Å². The Morgan fingerprint density at radius 2 is 1.27 bits per heavy atom. The van der Waals surface area contributed by atoms with Crippen LogP contribution in [0.25, 0.3) is 0 Å². The fraction of sp³-hybridized carbons (Fsp3) is 0.444. The minimum Gasteiger partial charge on any atom is -0.444 e. The summed E-state index contributed by atoms with van der Waals surface area (Å²) in [7, 11) is 0. The highest BCUT2D eigenvalue weighted by molar-refractivity contribution is 5.86. The van der Waals surface area contributed by atoms with E-state index in [4.69, 9.17) is 23.7 Å². The number of Topliss-reactive ketones (excluding diaryl/α,β-unsaturated/α-hetero) is 1. The molecular weight excluding hydrogens is 558 g/mol. The number of amides is 1. The van der Waals surface area contributed by atoms with Crippen molar-refractivity contribution >= 4 is 11.9 Å². The number of ketones is 1. The van der Waals surface area contributed by atoms with Crippen molar-refractivity contribution < 1.29 is 33.3 Å². The molecule has 2 aliphatic rings. The zero-order valence-corrected chi connectivity index (χ0v) is 26.0. The molecule has 3 aromatic carbocycles. The largest absolute Gasteiger partial charge is 0.444 e. The Labute approximate surface area is 260 Å². The number of hydrogen-bond donors (Lipinski definition) is 0. The molecule has 6 atom stereocenters. The molecule has 1 amide bonds. The highest BCUT2D eigenvalue weighted by Crippen LogP contribution is 2.40. The Balaban J connectivity index is 1.47. The molecule has 0 bridgehead atoms. The molecule has 2 unspecified atom stereocenters. The molecule has 2 saturated heterocycles. The number of ether oxygens (including phenoxy) is 5. The van der Waals surface area contributed by atoms with Crippen LogP contribution in [0.1, 0.15) is 50.8 Å². The molecule has 0 radical (unpaired) electrons. The fourth-order valence-corrected chi connectivity index (χ4v) is 5.93. The number of carbonyl (C=O) groups excluding carboxylic acids is 2. The second-order valence-electron chi connectivity index (χ2n) is 12.5. The predicted octanol–water partition coefficient (Wildman–Crippen LogP) is 6.11. The van der Waals surface area contributed by atoms with Gasteiger partial charge in [-0.05, 0) is 44.4 Å². The zero-order valence-electron chi connectivity index (χ0n) is 26.0.